The Morgan fingerprint density at radius 2 is 2.20 bits per heavy atom. The van der Waals surface area contributed by atoms with Crippen LogP contribution < -0.4 is 10.2 Å². The van der Waals surface area contributed by atoms with Crippen molar-refractivity contribution < 1.29 is 0 Å². The van der Waals surface area contributed by atoms with Gasteiger partial charge in [0.25, 0.3) is 0 Å². The van der Waals surface area contributed by atoms with Gasteiger partial charge >= 0.3 is 0 Å². The maximum Gasteiger partial charge on any atom is 0.147 e. The fraction of sp³-hybridized carbons (Fsp3) is 0.667. The zero-order chi connectivity index (χ0) is 15.0. The van der Waals surface area contributed by atoms with Crippen LogP contribution in [0.1, 0.15) is 32.3 Å². The summed E-state index contributed by atoms with van der Waals surface area (Å²) in [5, 5.41) is 4.10. The van der Waals surface area contributed by atoms with Crippen molar-refractivity contribution in [1.29, 1.82) is 0 Å². The third-order valence-electron chi connectivity index (χ3n) is 3.35. The van der Waals surface area contributed by atoms with E-state index in [1.807, 2.05) is 24.0 Å². The number of anilines is 1. The molecule has 0 saturated carbocycles. The van der Waals surface area contributed by atoms with Crippen LogP contribution in [0.2, 0.25) is 5.02 Å². The maximum absolute atomic E-state index is 6.40. The summed E-state index contributed by atoms with van der Waals surface area (Å²) >= 11 is 8.26. The summed E-state index contributed by atoms with van der Waals surface area (Å²) < 4.78 is 0. The molecule has 0 radical (unpaired) electrons. The Balaban J connectivity index is 2.75. The van der Waals surface area contributed by atoms with Gasteiger partial charge in [-0.2, -0.15) is 11.8 Å². The van der Waals surface area contributed by atoms with Gasteiger partial charge in [-0.25, -0.2) is 4.98 Å². The lowest BCUT2D eigenvalue weighted by molar-refractivity contribution is 0.661. The molecular formula is C15H26ClN3S. The van der Waals surface area contributed by atoms with Crippen LogP contribution in [0.15, 0.2) is 12.3 Å². The lowest BCUT2D eigenvalue weighted by Gasteiger charge is -2.28. The molecule has 1 aromatic rings. The van der Waals surface area contributed by atoms with Crippen LogP contribution in [0.3, 0.4) is 0 Å². The first-order valence-corrected chi connectivity index (χ1v) is 8.98. The molecule has 20 heavy (non-hydrogen) atoms. The highest BCUT2D eigenvalue weighted by molar-refractivity contribution is 7.98. The molecule has 0 aromatic carbocycles. The second kappa shape index (κ2) is 9.48. The number of hydrogen-bond donors (Lipinski definition) is 1. The quantitative estimate of drug-likeness (QED) is 0.701. The molecule has 1 unspecified atom stereocenters. The van der Waals surface area contributed by atoms with Crippen LogP contribution in [0.5, 0.6) is 0 Å². The van der Waals surface area contributed by atoms with E-state index in [1.54, 1.807) is 0 Å². The second-order valence-corrected chi connectivity index (χ2v) is 6.27. The number of pyridine rings is 1. The average molecular weight is 316 g/mol. The molecule has 0 aliphatic rings. The molecule has 0 saturated heterocycles. The Hall–Kier alpha value is -0.450. The van der Waals surface area contributed by atoms with Gasteiger partial charge in [-0.3, -0.25) is 0 Å². The van der Waals surface area contributed by atoms with E-state index in [1.165, 1.54) is 0 Å². The Morgan fingerprint density at radius 1 is 1.45 bits per heavy atom. The van der Waals surface area contributed by atoms with Gasteiger partial charge in [0.15, 0.2) is 0 Å². The first-order chi connectivity index (χ1) is 9.63. The average Bonchev–Trinajstić information content (AvgIpc) is 2.44. The van der Waals surface area contributed by atoms with Crippen LogP contribution in [0.4, 0.5) is 5.82 Å². The highest BCUT2D eigenvalue weighted by atomic mass is 35.5. The van der Waals surface area contributed by atoms with Crippen LogP contribution in [0, 0.1) is 0 Å². The molecule has 0 spiro atoms. The third kappa shape index (κ3) is 5.15. The lowest BCUT2D eigenvalue weighted by Crippen LogP contribution is -2.34. The topological polar surface area (TPSA) is 28.2 Å². The van der Waals surface area contributed by atoms with E-state index in [9.17, 15) is 0 Å². The predicted octanol–water partition coefficient (Wildman–Crippen LogP) is 3.81. The summed E-state index contributed by atoms with van der Waals surface area (Å²) in [4.78, 5) is 6.75. The fourth-order valence-electron chi connectivity index (χ4n) is 2.10. The van der Waals surface area contributed by atoms with Crippen LogP contribution >= 0.6 is 23.4 Å². The third-order valence-corrected chi connectivity index (χ3v) is 4.34. The van der Waals surface area contributed by atoms with Gasteiger partial charge in [0.2, 0.25) is 0 Å². The first-order valence-electron chi connectivity index (χ1n) is 7.20. The van der Waals surface area contributed by atoms with E-state index in [2.05, 4.69) is 42.4 Å². The molecule has 0 amide bonds. The number of nitrogens with zero attached hydrogens (tertiary/aromatic N) is 2. The van der Waals surface area contributed by atoms with Crippen LogP contribution in [-0.4, -0.2) is 36.6 Å². The molecule has 0 bridgehead atoms. The van der Waals surface area contributed by atoms with E-state index in [0.717, 1.165) is 48.1 Å². The number of thioether (sulfide) groups is 1. The lowest BCUT2D eigenvalue weighted by atomic mass is 10.2. The Kier molecular flexibility index (Phi) is 8.34. The summed E-state index contributed by atoms with van der Waals surface area (Å²) in [6, 6.07) is 2.49. The number of rotatable bonds is 9. The maximum atomic E-state index is 6.40. The van der Waals surface area contributed by atoms with Gasteiger partial charge in [-0.05, 0) is 37.3 Å². The highest BCUT2D eigenvalue weighted by Crippen LogP contribution is 2.26. The molecule has 0 fully saturated rings. The molecule has 0 aliphatic heterocycles. The van der Waals surface area contributed by atoms with E-state index >= 15 is 0 Å². The van der Waals surface area contributed by atoms with Crippen molar-refractivity contribution in [3.8, 4) is 0 Å². The molecule has 1 atom stereocenters. The van der Waals surface area contributed by atoms with Crippen molar-refractivity contribution in [3.63, 3.8) is 0 Å². The molecule has 1 heterocycles. The van der Waals surface area contributed by atoms with Gasteiger partial charge in [0.05, 0.1) is 5.02 Å². The van der Waals surface area contributed by atoms with Crippen molar-refractivity contribution in [3.05, 3.63) is 22.8 Å². The van der Waals surface area contributed by atoms with Crippen molar-refractivity contribution in [1.82, 2.24) is 10.3 Å². The smallest absolute Gasteiger partial charge is 0.147 e. The molecule has 1 aromatic heterocycles. The molecular weight excluding hydrogens is 290 g/mol. The first kappa shape index (κ1) is 17.6. The van der Waals surface area contributed by atoms with E-state index in [0.29, 0.717) is 6.04 Å². The van der Waals surface area contributed by atoms with Gasteiger partial charge < -0.3 is 10.2 Å². The predicted molar refractivity (Wildman–Crippen MR) is 92.1 cm³/mol. The number of hydrogen-bond acceptors (Lipinski definition) is 4. The summed E-state index contributed by atoms with van der Waals surface area (Å²) in [5.74, 6) is 1.97. The summed E-state index contributed by atoms with van der Waals surface area (Å²) in [6.45, 7) is 6.21. The molecule has 3 nitrogen and oxygen atoms in total. The largest absolute Gasteiger partial charge is 0.355 e. The number of nitrogens with one attached hydrogen (secondary N) is 1. The van der Waals surface area contributed by atoms with E-state index in [-0.39, 0.29) is 0 Å². The highest BCUT2D eigenvalue weighted by Gasteiger charge is 2.16. The van der Waals surface area contributed by atoms with Gasteiger partial charge in [0, 0.05) is 31.6 Å². The fourth-order valence-corrected chi connectivity index (χ4v) is 3.27. The standard InChI is InChI=1S/C15H26ClN3S/c1-5-7-17-9-12-8-14(16)15(18-10-12)19(3)13(6-2)11-20-4/h8,10,13,17H,5-7,9,11H2,1-4H3. The minimum Gasteiger partial charge on any atom is -0.355 e. The van der Waals surface area contributed by atoms with Crippen molar-refractivity contribution >= 4 is 29.2 Å². The Labute approximate surface area is 132 Å². The molecule has 5 heteroatoms. The molecule has 1 N–H and O–H groups in total. The Morgan fingerprint density at radius 3 is 2.75 bits per heavy atom. The molecule has 0 aliphatic carbocycles. The van der Waals surface area contributed by atoms with Crippen LogP contribution in [0.25, 0.3) is 0 Å². The van der Waals surface area contributed by atoms with Crippen molar-refractivity contribution in [2.75, 3.05) is 30.5 Å². The van der Waals surface area contributed by atoms with Gasteiger partial charge in [-0.1, -0.05) is 25.4 Å². The minimum atomic E-state index is 0.471. The second-order valence-electron chi connectivity index (χ2n) is 4.95. The number of aromatic nitrogens is 1. The summed E-state index contributed by atoms with van der Waals surface area (Å²) in [6.07, 6.45) is 6.28. The van der Waals surface area contributed by atoms with Crippen molar-refractivity contribution in [2.24, 2.45) is 0 Å². The normalized spacial score (nSPS) is 12.4. The SMILES string of the molecule is CCCNCc1cnc(N(C)C(CC)CSC)c(Cl)c1. The van der Waals surface area contributed by atoms with E-state index < -0.39 is 0 Å². The van der Waals surface area contributed by atoms with Gasteiger partial charge in [0.1, 0.15) is 5.82 Å². The zero-order valence-corrected chi connectivity index (χ0v) is 14.5. The summed E-state index contributed by atoms with van der Waals surface area (Å²) in [7, 11) is 2.08. The van der Waals surface area contributed by atoms with Gasteiger partial charge in [-0.15, -0.1) is 0 Å². The zero-order valence-electron chi connectivity index (χ0n) is 12.9. The van der Waals surface area contributed by atoms with E-state index in [4.69, 9.17) is 11.6 Å². The Bertz CT molecular complexity index is 401. The molecule has 1 rings (SSSR count). The molecule has 114 valence electrons. The summed E-state index contributed by atoms with van der Waals surface area (Å²) in [5.41, 5.74) is 1.14. The number of halogens is 1. The monoisotopic (exact) mass is 315 g/mol. The van der Waals surface area contributed by atoms with Crippen molar-refractivity contribution in [2.45, 2.75) is 39.3 Å². The minimum absolute atomic E-state index is 0.471. The van der Waals surface area contributed by atoms with Crippen LogP contribution in [-0.2, 0) is 6.54 Å².